The first kappa shape index (κ1) is 22.4. The van der Waals surface area contributed by atoms with E-state index in [0.717, 1.165) is 11.7 Å². The van der Waals surface area contributed by atoms with E-state index in [1.54, 1.807) is 26.2 Å². The van der Waals surface area contributed by atoms with Gasteiger partial charge in [-0.1, -0.05) is 66.7 Å². The standard InChI is InChI=1S/C27H27NO2PS/c1-28(2)32(29,30)27-20-18-23(19-21-27)22-31(24-12-6-3-7-13-24,25-14-8-4-9-15-25)26-16-10-5-11-17-26/h3-21H,22H2,1-2H3/q+1. The summed E-state index contributed by atoms with van der Waals surface area (Å²) in [5.74, 6) is 0. The van der Waals surface area contributed by atoms with Crippen molar-refractivity contribution in [3.05, 3.63) is 121 Å². The summed E-state index contributed by atoms with van der Waals surface area (Å²) in [5.41, 5.74) is 1.12. The maximum atomic E-state index is 12.5. The van der Waals surface area contributed by atoms with Crippen LogP contribution >= 0.6 is 7.26 Å². The predicted octanol–water partition coefficient (Wildman–Crippen LogP) is 4.43. The Labute approximate surface area is 191 Å². The quantitative estimate of drug-likeness (QED) is 0.383. The number of hydrogen-bond donors (Lipinski definition) is 0. The lowest BCUT2D eigenvalue weighted by molar-refractivity contribution is 0.520. The summed E-state index contributed by atoms with van der Waals surface area (Å²) < 4.78 is 26.3. The third kappa shape index (κ3) is 4.27. The van der Waals surface area contributed by atoms with Crippen molar-refractivity contribution in [1.29, 1.82) is 0 Å². The van der Waals surface area contributed by atoms with Crippen molar-refractivity contribution in [2.75, 3.05) is 14.1 Å². The molecular weight excluding hydrogens is 433 g/mol. The van der Waals surface area contributed by atoms with Gasteiger partial charge in [-0.25, -0.2) is 12.7 Å². The number of sulfonamides is 1. The highest BCUT2D eigenvalue weighted by atomic mass is 32.2. The van der Waals surface area contributed by atoms with Crippen LogP contribution in [0.1, 0.15) is 5.56 Å². The molecule has 0 radical (unpaired) electrons. The van der Waals surface area contributed by atoms with Crippen molar-refractivity contribution in [1.82, 2.24) is 4.31 Å². The van der Waals surface area contributed by atoms with Gasteiger partial charge in [0, 0.05) is 14.1 Å². The Morgan fingerprint density at radius 3 is 1.31 bits per heavy atom. The molecule has 0 aliphatic heterocycles. The molecule has 0 atom stereocenters. The highest BCUT2D eigenvalue weighted by Gasteiger charge is 2.45. The fraction of sp³-hybridized carbons (Fsp3) is 0.111. The van der Waals surface area contributed by atoms with Crippen LogP contribution in [0.4, 0.5) is 0 Å². The minimum absolute atomic E-state index is 0.314. The van der Waals surface area contributed by atoms with Crippen molar-refractivity contribution in [3.8, 4) is 0 Å². The first-order chi connectivity index (χ1) is 15.4. The Balaban J connectivity index is 1.89. The Morgan fingerprint density at radius 2 is 0.969 bits per heavy atom. The summed E-state index contributed by atoms with van der Waals surface area (Å²) in [5, 5.41) is 3.92. The maximum Gasteiger partial charge on any atom is 0.242 e. The molecule has 5 heteroatoms. The summed E-state index contributed by atoms with van der Waals surface area (Å²) in [6, 6.07) is 39.4. The topological polar surface area (TPSA) is 37.4 Å². The van der Waals surface area contributed by atoms with Crippen molar-refractivity contribution < 1.29 is 8.42 Å². The molecule has 0 aromatic heterocycles. The van der Waals surface area contributed by atoms with Gasteiger partial charge in [-0.15, -0.1) is 0 Å². The van der Waals surface area contributed by atoms with E-state index in [2.05, 4.69) is 91.0 Å². The molecular formula is C27H27NO2PS+. The van der Waals surface area contributed by atoms with Crippen molar-refractivity contribution in [3.63, 3.8) is 0 Å². The van der Waals surface area contributed by atoms with Crippen molar-refractivity contribution in [2.24, 2.45) is 0 Å². The average molecular weight is 461 g/mol. The van der Waals surface area contributed by atoms with E-state index in [4.69, 9.17) is 0 Å². The van der Waals surface area contributed by atoms with E-state index in [0.29, 0.717) is 4.90 Å². The largest absolute Gasteiger partial charge is 0.242 e. The molecule has 4 aromatic carbocycles. The summed E-state index contributed by atoms with van der Waals surface area (Å²) in [6.07, 6.45) is 0.813. The van der Waals surface area contributed by atoms with E-state index in [9.17, 15) is 8.42 Å². The van der Waals surface area contributed by atoms with E-state index in [1.165, 1.54) is 20.2 Å². The molecule has 0 saturated heterocycles. The molecule has 0 bridgehead atoms. The second-order valence-corrected chi connectivity index (χ2v) is 13.5. The fourth-order valence-electron chi connectivity index (χ4n) is 4.02. The van der Waals surface area contributed by atoms with Gasteiger partial charge in [0.2, 0.25) is 10.0 Å². The van der Waals surface area contributed by atoms with Gasteiger partial charge in [-0.05, 0) is 54.1 Å². The van der Waals surface area contributed by atoms with Gasteiger partial charge in [-0.3, -0.25) is 0 Å². The molecule has 32 heavy (non-hydrogen) atoms. The molecule has 0 aliphatic rings. The molecule has 0 heterocycles. The smallest absolute Gasteiger partial charge is 0.207 e. The average Bonchev–Trinajstić information content (AvgIpc) is 2.84. The van der Waals surface area contributed by atoms with Crippen molar-refractivity contribution in [2.45, 2.75) is 11.1 Å². The van der Waals surface area contributed by atoms with Gasteiger partial charge in [0.05, 0.1) is 11.1 Å². The number of benzene rings is 4. The lowest BCUT2D eigenvalue weighted by Gasteiger charge is -2.28. The second kappa shape index (κ2) is 9.38. The normalized spacial score (nSPS) is 12.1. The molecule has 4 aromatic rings. The van der Waals surface area contributed by atoms with Gasteiger partial charge in [0.15, 0.2) is 0 Å². The third-order valence-electron chi connectivity index (χ3n) is 5.71. The SMILES string of the molecule is CN(C)S(=O)(=O)c1ccc(C[P+](c2ccccc2)(c2ccccc2)c2ccccc2)cc1. The van der Waals surface area contributed by atoms with Gasteiger partial charge < -0.3 is 0 Å². The highest BCUT2D eigenvalue weighted by Crippen LogP contribution is 2.58. The van der Waals surface area contributed by atoms with E-state index >= 15 is 0 Å². The fourth-order valence-corrected chi connectivity index (χ4v) is 9.17. The molecule has 0 fully saturated rings. The molecule has 0 aliphatic carbocycles. The first-order valence-electron chi connectivity index (χ1n) is 10.5. The van der Waals surface area contributed by atoms with Crippen LogP contribution in [0, 0.1) is 0 Å². The van der Waals surface area contributed by atoms with Crippen LogP contribution in [0.25, 0.3) is 0 Å². The number of hydrogen-bond acceptors (Lipinski definition) is 2. The molecule has 0 spiro atoms. The van der Waals surface area contributed by atoms with Crippen LogP contribution in [-0.2, 0) is 16.2 Å². The van der Waals surface area contributed by atoms with Crippen LogP contribution in [0.2, 0.25) is 0 Å². The Hall–Kier alpha value is -2.78. The molecule has 0 amide bonds. The summed E-state index contributed by atoms with van der Waals surface area (Å²) in [6.45, 7) is 0. The number of rotatable bonds is 7. The first-order valence-corrected chi connectivity index (χ1v) is 13.9. The van der Waals surface area contributed by atoms with Crippen molar-refractivity contribution >= 4 is 33.2 Å². The van der Waals surface area contributed by atoms with Crippen LogP contribution in [0.3, 0.4) is 0 Å². The molecule has 0 unspecified atom stereocenters. The van der Waals surface area contributed by atoms with Gasteiger partial charge in [0.25, 0.3) is 0 Å². The molecule has 162 valence electrons. The summed E-state index contributed by atoms with van der Waals surface area (Å²) in [7, 11) is -2.35. The summed E-state index contributed by atoms with van der Waals surface area (Å²) in [4.78, 5) is 0.314. The van der Waals surface area contributed by atoms with Crippen LogP contribution in [0.15, 0.2) is 120 Å². The van der Waals surface area contributed by atoms with E-state index < -0.39 is 17.3 Å². The predicted molar refractivity (Wildman–Crippen MR) is 136 cm³/mol. The van der Waals surface area contributed by atoms with E-state index in [-0.39, 0.29) is 0 Å². The monoisotopic (exact) mass is 460 g/mol. The summed E-state index contributed by atoms with van der Waals surface area (Å²) >= 11 is 0. The highest BCUT2D eigenvalue weighted by molar-refractivity contribution is 7.95. The Bertz CT molecular complexity index is 1160. The minimum Gasteiger partial charge on any atom is -0.207 e. The lowest BCUT2D eigenvalue weighted by Crippen LogP contribution is -2.32. The second-order valence-electron chi connectivity index (χ2n) is 7.91. The van der Waals surface area contributed by atoms with E-state index in [1.807, 2.05) is 12.1 Å². The van der Waals surface area contributed by atoms with Crippen LogP contribution in [0.5, 0.6) is 0 Å². The molecule has 4 rings (SSSR count). The zero-order valence-electron chi connectivity index (χ0n) is 18.3. The lowest BCUT2D eigenvalue weighted by atomic mass is 10.2. The zero-order valence-corrected chi connectivity index (χ0v) is 20.0. The van der Waals surface area contributed by atoms with Gasteiger partial charge in [-0.2, -0.15) is 0 Å². The van der Waals surface area contributed by atoms with Crippen LogP contribution < -0.4 is 15.9 Å². The van der Waals surface area contributed by atoms with Crippen LogP contribution in [-0.4, -0.2) is 26.8 Å². The van der Waals surface area contributed by atoms with Gasteiger partial charge >= 0.3 is 0 Å². The molecule has 0 N–H and O–H groups in total. The van der Waals surface area contributed by atoms with Gasteiger partial charge in [0.1, 0.15) is 23.2 Å². The Morgan fingerprint density at radius 1 is 0.594 bits per heavy atom. The minimum atomic E-state index is -3.45. The molecule has 3 nitrogen and oxygen atoms in total. The Kier molecular flexibility index (Phi) is 6.57. The third-order valence-corrected chi connectivity index (χ3v) is 11.9. The number of nitrogens with zero attached hydrogens (tertiary/aromatic N) is 1. The molecule has 0 saturated carbocycles. The zero-order chi connectivity index (χ0) is 22.6. The maximum absolute atomic E-state index is 12.5.